The first-order valence-corrected chi connectivity index (χ1v) is 8.95. The average molecular weight is 349 g/mol. The highest BCUT2D eigenvalue weighted by Gasteiger charge is 2.48. The van der Waals surface area contributed by atoms with Crippen LogP contribution in [-0.4, -0.2) is 55.8 Å². The molecule has 6 nitrogen and oxygen atoms in total. The molecule has 0 saturated carbocycles. The number of cyclic esters (lactones) is 1. The van der Waals surface area contributed by atoms with Crippen molar-refractivity contribution in [2.24, 2.45) is 0 Å². The predicted molar refractivity (Wildman–Crippen MR) is 92.1 cm³/mol. The van der Waals surface area contributed by atoms with E-state index < -0.39 is 0 Å². The van der Waals surface area contributed by atoms with Crippen molar-refractivity contribution in [3.05, 3.63) is 35.9 Å². The third-order valence-electron chi connectivity index (χ3n) is 5.02. The number of rotatable bonds is 8. The number of hydrogen-bond acceptors (Lipinski definition) is 5. The maximum Gasteiger partial charge on any atom is 0.410 e. The van der Waals surface area contributed by atoms with Gasteiger partial charge in [-0.15, -0.1) is 0 Å². The van der Waals surface area contributed by atoms with Crippen LogP contribution in [0.2, 0.25) is 0 Å². The second kappa shape index (κ2) is 8.65. The van der Waals surface area contributed by atoms with E-state index in [-0.39, 0.29) is 37.2 Å². The van der Waals surface area contributed by atoms with Gasteiger partial charge < -0.3 is 18.9 Å². The molecule has 2 aliphatic rings. The minimum atomic E-state index is -0.262. The number of benzene rings is 1. The van der Waals surface area contributed by atoms with Crippen molar-refractivity contribution in [3.8, 4) is 0 Å². The van der Waals surface area contributed by atoms with Gasteiger partial charge in [0.05, 0.1) is 30.9 Å². The lowest BCUT2D eigenvalue weighted by atomic mass is 9.90. The quantitative estimate of drug-likeness (QED) is 0.676. The zero-order valence-electron chi connectivity index (χ0n) is 14.9. The molecule has 0 aromatic heterocycles. The van der Waals surface area contributed by atoms with Crippen molar-refractivity contribution in [2.75, 3.05) is 20.5 Å². The van der Waals surface area contributed by atoms with Crippen LogP contribution < -0.4 is 0 Å². The minimum absolute atomic E-state index is 0.0109. The first-order valence-electron chi connectivity index (χ1n) is 8.95. The molecule has 25 heavy (non-hydrogen) atoms. The molecule has 1 aromatic rings. The highest BCUT2D eigenvalue weighted by Crippen LogP contribution is 2.34. The number of nitrogens with zero attached hydrogens (tertiary/aromatic N) is 1. The second-order valence-corrected chi connectivity index (χ2v) is 6.55. The smallest absolute Gasteiger partial charge is 0.410 e. The monoisotopic (exact) mass is 349 g/mol. The minimum Gasteiger partial charge on any atom is -0.447 e. The standard InChI is InChI=1S/C19H27NO5/c1-3-17(25-13-22-2)15-9-10-18(16-12-24-19(21)20(15)16)23-11-14-7-5-4-6-8-14/h4-8,15-18H,3,9-13H2,1-2H3/t15-,16-,17-,18+/m1/s1. The van der Waals surface area contributed by atoms with Crippen LogP contribution >= 0.6 is 0 Å². The van der Waals surface area contributed by atoms with Gasteiger partial charge in [0.25, 0.3) is 0 Å². The van der Waals surface area contributed by atoms with Crippen LogP contribution in [0.3, 0.4) is 0 Å². The Balaban J connectivity index is 1.65. The molecular formula is C19H27NO5. The van der Waals surface area contributed by atoms with Gasteiger partial charge in [0.1, 0.15) is 13.4 Å². The molecule has 1 aromatic carbocycles. The molecule has 0 spiro atoms. The van der Waals surface area contributed by atoms with Gasteiger partial charge in [0.15, 0.2) is 0 Å². The fraction of sp³-hybridized carbons (Fsp3) is 0.632. The van der Waals surface area contributed by atoms with Crippen molar-refractivity contribution in [1.82, 2.24) is 4.90 Å². The van der Waals surface area contributed by atoms with Crippen LogP contribution in [0.5, 0.6) is 0 Å². The van der Waals surface area contributed by atoms with Crippen LogP contribution in [-0.2, 0) is 25.6 Å². The Morgan fingerprint density at radius 3 is 2.80 bits per heavy atom. The molecule has 2 saturated heterocycles. The summed E-state index contributed by atoms with van der Waals surface area (Å²) in [5.41, 5.74) is 1.14. The highest BCUT2D eigenvalue weighted by molar-refractivity contribution is 5.71. The van der Waals surface area contributed by atoms with Gasteiger partial charge in [-0.05, 0) is 24.8 Å². The topological polar surface area (TPSA) is 57.2 Å². The molecule has 2 heterocycles. The van der Waals surface area contributed by atoms with Gasteiger partial charge in [-0.3, -0.25) is 4.90 Å². The van der Waals surface area contributed by atoms with Crippen molar-refractivity contribution in [1.29, 1.82) is 0 Å². The van der Waals surface area contributed by atoms with Crippen molar-refractivity contribution in [3.63, 3.8) is 0 Å². The molecule has 0 aliphatic carbocycles. The van der Waals surface area contributed by atoms with E-state index in [1.54, 1.807) is 7.11 Å². The molecule has 6 heteroatoms. The Labute approximate surface area is 149 Å². The first-order chi connectivity index (χ1) is 12.2. The molecule has 3 rings (SSSR count). The summed E-state index contributed by atoms with van der Waals surface area (Å²) >= 11 is 0. The van der Waals surface area contributed by atoms with Crippen molar-refractivity contribution >= 4 is 6.09 Å². The van der Waals surface area contributed by atoms with E-state index in [0.717, 1.165) is 24.8 Å². The Morgan fingerprint density at radius 2 is 2.08 bits per heavy atom. The summed E-state index contributed by atoms with van der Waals surface area (Å²) in [4.78, 5) is 14.1. The highest BCUT2D eigenvalue weighted by atomic mass is 16.7. The van der Waals surface area contributed by atoms with E-state index in [2.05, 4.69) is 6.92 Å². The van der Waals surface area contributed by atoms with Gasteiger partial charge in [0.2, 0.25) is 0 Å². The number of fused-ring (bicyclic) bond motifs is 1. The van der Waals surface area contributed by atoms with Crippen LogP contribution in [0.15, 0.2) is 30.3 Å². The van der Waals surface area contributed by atoms with Crippen LogP contribution in [0.25, 0.3) is 0 Å². The van der Waals surface area contributed by atoms with E-state index in [0.29, 0.717) is 13.2 Å². The predicted octanol–water partition coefficient (Wildman–Crippen LogP) is 2.95. The number of methoxy groups -OCH3 is 1. The Hall–Kier alpha value is -1.63. The van der Waals surface area contributed by atoms with Gasteiger partial charge in [0, 0.05) is 7.11 Å². The Morgan fingerprint density at radius 1 is 1.28 bits per heavy atom. The van der Waals surface area contributed by atoms with Gasteiger partial charge in [-0.1, -0.05) is 37.3 Å². The fourth-order valence-electron chi connectivity index (χ4n) is 3.77. The summed E-state index contributed by atoms with van der Waals surface area (Å²) in [5.74, 6) is 0. The lowest BCUT2D eigenvalue weighted by molar-refractivity contribution is -0.119. The fourth-order valence-corrected chi connectivity index (χ4v) is 3.77. The average Bonchev–Trinajstić information content (AvgIpc) is 3.04. The van der Waals surface area contributed by atoms with Gasteiger partial charge in [-0.25, -0.2) is 4.79 Å². The van der Waals surface area contributed by atoms with E-state index >= 15 is 0 Å². The number of carbonyl (C=O) groups is 1. The number of ether oxygens (including phenoxy) is 4. The maximum atomic E-state index is 12.3. The van der Waals surface area contributed by atoms with E-state index in [9.17, 15) is 4.79 Å². The van der Waals surface area contributed by atoms with Gasteiger partial charge >= 0.3 is 6.09 Å². The normalized spacial score (nSPS) is 27.0. The van der Waals surface area contributed by atoms with Crippen molar-refractivity contribution in [2.45, 2.75) is 57.1 Å². The first kappa shape index (κ1) is 18.2. The van der Waals surface area contributed by atoms with E-state index in [1.807, 2.05) is 35.2 Å². The zero-order chi connectivity index (χ0) is 17.6. The van der Waals surface area contributed by atoms with Crippen molar-refractivity contribution < 1.29 is 23.7 Å². The number of carbonyl (C=O) groups excluding carboxylic acids is 1. The van der Waals surface area contributed by atoms with E-state index in [4.69, 9.17) is 18.9 Å². The summed E-state index contributed by atoms with van der Waals surface area (Å²) in [6.45, 7) is 3.23. The molecule has 2 aliphatic heterocycles. The van der Waals surface area contributed by atoms with Gasteiger partial charge in [-0.2, -0.15) is 0 Å². The number of amides is 1. The molecule has 0 N–H and O–H groups in total. The van der Waals surface area contributed by atoms with E-state index in [1.165, 1.54) is 0 Å². The number of piperidine rings is 1. The summed E-state index contributed by atoms with van der Waals surface area (Å²) in [7, 11) is 1.61. The van der Waals surface area contributed by atoms with Crippen LogP contribution in [0.1, 0.15) is 31.7 Å². The summed E-state index contributed by atoms with van der Waals surface area (Å²) in [5, 5.41) is 0. The molecule has 0 radical (unpaired) electrons. The Bertz CT molecular complexity index is 552. The SMILES string of the molecule is CC[C@@H](OCOC)[C@H]1CC[C@H](OCc2ccccc2)[C@H]2COC(=O)N21. The summed E-state index contributed by atoms with van der Waals surface area (Å²) in [6.07, 6.45) is 2.23. The Kier molecular flexibility index (Phi) is 6.29. The second-order valence-electron chi connectivity index (χ2n) is 6.55. The third kappa shape index (κ3) is 4.14. The molecule has 1 amide bonds. The zero-order valence-corrected chi connectivity index (χ0v) is 14.9. The lowest BCUT2D eigenvalue weighted by Gasteiger charge is -2.43. The largest absolute Gasteiger partial charge is 0.447 e. The van der Waals surface area contributed by atoms with Crippen LogP contribution in [0.4, 0.5) is 4.79 Å². The van der Waals surface area contributed by atoms with Crippen LogP contribution in [0, 0.1) is 0 Å². The third-order valence-corrected chi connectivity index (χ3v) is 5.02. The molecule has 138 valence electrons. The molecule has 0 bridgehead atoms. The molecule has 4 atom stereocenters. The number of hydrogen-bond donors (Lipinski definition) is 0. The molecule has 0 unspecified atom stereocenters. The summed E-state index contributed by atoms with van der Waals surface area (Å²) in [6, 6.07) is 10.1. The summed E-state index contributed by atoms with van der Waals surface area (Å²) < 4.78 is 22.3. The molecular weight excluding hydrogens is 322 g/mol. The molecule has 2 fully saturated rings. The maximum absolute atomic E-state index is 12.3. The lowest BCUT2D eigenvalue weighted by Crippen LogP contribution is -2.57.